The molecule has 2 aromatic carbocycles. The second kappa shape index (κ2) is 8.41. The molecule has 0 fully saturated rings. The summed E-state index contributed by atoms with van der Waals surface area (Å²) in [6.45, 7) is 2.88. The van der Waals surface area contributed by atoms with E-state index in [4.69, 9.17) is 9.72 Å². The third kappa shape index (κ3) is 3.99. The number of fused-ring (bicyclic) bond motifs is 2. The predicted molar refractivity (Wildman–Crippen MR) is 125 cm³/mol. The summed E-state index contributed by atoms with van der Waals surface area (Å²) in [5, 5.41) is 0.628. The molecule has 0 saturated carbocycles. The molecule has 0 unspecified atom stereocenters. The first-order chi connectivity index (χ1) is 15.2. The quantitative estimate of drug-likeness (QED) is 0.342. The summed E-state index contributed by atoms with van der Waals surface area (Å²) in [6, 6.07) is 17.1. The zero-order valence-corrected chi connectivity index (χ0v) is 18.3. The normalized spacial score (nSPS) is 11.1. The Bertz CT molecular complexity index is 1360. The third-order valence-electron chi connectivity index (χ3n) is 4.76. The molecule has 1 amide bonds. The highest BCUT2D eigenvalue weighted by Gasteiger charge is 2.23. The first-order valence-corrected chi connectivity index (χ1v) is 11.5. The molecule has 31 heavy (non-hydrogen) atoms. The molecule has 0 aliphatic rings. The molecule has 6 nitrogen and oxygen atoms in total. The van der Waals surface area contributed by atoms with Crippen molar-refractivity contribution in [3.05, 3.63) is 77.6 Å². The average molecular weight is 447 g/mol. The highest BCUT2D eigenvalue weighted by atomic mass is 32.1. The average Bonchev–Trinajstić information content (AvgIpc) is 3.44. The van der Waals surface area contributed by atoms with Crippen molar-refractivity contribution in [2.45, 2.75) is 13.5 Å². The fourth-order valence-electron chi connectivity index (χ4n) is 3.29. The smallest absolute Gasteiger partial charge is 0.260 e. The number of thiazole rings is 2. The molecule has 8 heteroatoms. The molecule has 3 heterocycles. The van der Waals surface area contributed by atoms with Crippen LogP contribution in [-0.2, 0) is 6.54 Å². The van der Waals surface area contributed by atoms with Crippen LogP contribution in [0.4, 0.5) is 5.13 Å². The zero-order valence-electron chi connectivity index (χ0n) is 16.7. The van der Waals surface area contributed by atoms with E-state index in [0.29, 0.717) is 23.8 Å². The largest absolute Gasteiger partial charge is 0.494 e. The number of hydrogen-bond donors (Lipinski definition) is 0. The van der Waals surface area contributed by atoms with Crippen molar-refractivity contribution in [3.63, 3.8) is 0 Å². The van der Waals surface area contributed by atoms with E-state index >= 15 is 0 Å². The number of rotatable bonds is 6. The molecule has 0 radical (unpaired) electrons. The van der Waals surface area contributed by atoms with Gasteiger partial charge in [-0.05, 0) is 55.5 Å². The Morgan fingerprint density at radius 1 is 1.03 bits per heavy atom. The fraction of sp³-hybridized carbons (Fsp3) is 0.130. The Kier molecular flexibility index (Phi) is 5.31. The Balaban J connectivity index is 1.56. The van der Waals surface area contributed by atoms with Crippen LogP contribution in [0.5, 0.6) is 5.75 Å². The molecule has 0 spiro atoms. The van der Waals surface area contributed by atoms with E-state index < -0.39 is 0 Å². The number of ether oxygens (including phenoxy) is 1. The first kappa shape index (κ1) is 19.6. The van der Waals surface area contributed by atoms with Crippen LogP contribution < -0.4 is 9.64 Å². The van der Waals surface area contributed by atoms with Crippen molar-refractivity contribution in [1.29, 1.82) is 0 Å². The van der Waals surface area contributed by atoms with Gasteiger partial charge in [-0.25, -0.2) is 9.97 Å². The van der Waals surface area contributed by atoms with E-state index in [0.717, 1.165) is 31.9 Å². The van der Waals surface area contributed by atoms with Crippen LogP contribution in [0.3, 0.4) is 0 Å². The maximum atomic E-state index is 13.6. The number of pyridine rings is 1. The fourth-order valence-corrected chi connectivity index (χ4v) is 5.00. The molecular weight excluding hydrogens is 428 g/mol. The van der Waals surface area contributed by atoms with E-state index in [1.165, 1.54) is 22.7 Å². The summed E-state index contributed by atoms with van der Waals surface area (Å²) in [6.07, 6.45) is 1.73. The molecule has 5 aromatic rings. The minimum atomic E-state index is -0.120. The van der Waals surface area contributed by atoms with Crippen molar-refractivity contribution in [1.82, 2.24) is 15.0 Å². The second-order valence-electron chi connectivity index (χ2n) is 6.81. The number of hydrogen-bond acceptors (Lipinski definition) is 7. The van der Waals surface area contributed by atoms with Gasteiger partial charge in [0.15, 0.2) is 5.13 Å². The number of carbonyl (C=O) groups is 1. The molecule has 3 aromatic heterocycles. The van der Waals surface area contributed by atoms with Crippen molar-refractivity contribution >= 4 is 54.1 Å². The molecule has 0 bridgehead atoms. The lowest BCUT2D eigenvalue weighted by molar-refractivity contribution is 0.0985. The lowest BCUT2D eigenvalue weighted by Gasteiger charge is -2.19. The maximum absolute atomic E-state index is 13.6. The third-order valence-corrected chi connectivity index (χ3v) is 6.59. The van der Waals surface area contributed by atoms with E-state index in [2.05, 4.69) is 9.97 Å². The van der Waals surface area contributed by atoms with Crippen LogP contribution >= 0.6 is 22.7 Å². The summed E-state index contributed by atoms with van der Waals surface area (Å²) in [7, 11) is 0. The van der Waals surface area contributed by atoms with Gasteiger partial charge in [0.25, 0.3) is 5.91 Å². The van der Waals surface area contributed by atoms with Gasteiger partial charge < -0.3 is 4.74 Å². The standard InChI is InChI=1S/C23H18N4O2S2/c1-2-29-17-7-9-19-21(12-17)31-23(26-19)27(13-16-5-3-4-10-24-16)22(28)15-6-8-18-20(11-15)30-14-25-18/h3-12,14H,2,13H2,1H3. The Hall–Kier alpha value is -3.36. The summed E-state index contributed by atoms with van der Waals surface area (Å²) in [5.74, 6) is 0.675. The number of benzene rings is 2. The molecular formula is C23H18N4O2S2. The van der Waals surface area contributed by atoms with Crippen LogP contribution in [-0.4, -0.2) is 27.5 Å². The van der Waals surface area contributed by atoms with Crippen molar-refractivity contribution in [3.8, 4) is 5.75 Å². The number of carbonyl (C=O) groups excluding carboxylic acids is 1. The number of aromatic nitrogens is 3. The minimum absolute atomic E-state index is 0.120. The topological polar surface area (TPSA) is 68.2 Å². The van der Waals surface area contributed by atoms with Gasteiger partial charge in [0.05, 0.1) is 44.8 Å². The zero-order chi connectivity index (χ0) is 21.2. The summed E-state index contributed by atoms with van der Waals surface area (Å²) >= 11 is 2.99. The van der Waals surface area contributed by atoms with Crippen molar-refractivity contribution in [2.75, 3.05) is 11.5 Å². The van der Waals surface area contributed by atoms with E-state index in [1.54, 1.807) is 16.6 Å². The maximum Gasteiger partial charge on any atom is 0.260 e. The van der Waals surface area contributed by atoms with Gasteiger partial charge in [0.2, 0.25) is 0 Å². The van der Waals surface area contributed by atoms with E-state index in [9.17, 15) is 4.79 Å². The molecule has 0 saturated heterocycles. The number of amides is 1. The van der Waals surface area contributed by atoms with Gasteiger partial charge in [0, 0.05) is 11.8 Å². The highest BCUT2D eigenvalue weighted by Crippen LogP contribution is 2.33. The lowest BCUT2D eigenvalue weighted by atomic mass is 10.2. The van der Waals surface area contributed by atoms with Gasteiger partial charge in [-0.2, -0.15) is 0 Å². The Morgan fingerprint density at radius 2 is 1.94 bits per heavy atom. The molecule has 0 atom stereocenters. The minimum Gasteiger partial charge on any atom is -0.494 e. The Morgan fingerprint density at radius 3 is 2.77 bits per heavy atom. The van der Waals surface area contributed by atoms with E-state index in [1.807, 2.05) is 61.5 Å². The summed E-state index contributed by atoms with van der Waals surface area (Å²) in [5.41, 5.74) is 4.90. The van der Waals surface area contributed by atoms with E-state index in [-0.39, 0.29) is 5.91 Å². The number of anilines is 1. The molecule has 0 N–H and O–H groups in total. The van der Waals surface area contributed by atoms with Crippen LogP contribution in [0.25, 0.3) is 20.4 Å². The predicted octanol–water partition coefficient (Wildman–Crippen LogP) is 5.55. The van der Waals surface area contributed by atoms with Crippen LogP contribution in [0, 0.1) is 0 Å². The summed E-state index contributed by atoms with van der Waals surface area (Å²) in [4.78, 5) is 28.7. The van der Waals surface area contributed by atoms with Crippen LogP contribution in [0.2, 0.25) is 0 Å². The molecule has 0 aliphatic carbocycles. The molecule has 0 aliphatic heterocycles. The first-order valence-electron chi connectivity index (χ1n) is 9.79. The SMILES string of the molecule is CCOc1ccc2nc(N(Cc3ccccn3)C(=O)c3ccc4ncsc4c3)sc2c1. The van der Waals surface area contributed by atoms with Gasteiger partial charge in [-0.15, -0.1) is 11.3 Å². The van der Waals surface area contributed by atoms with Gasteiger partial charge in [0.1, 0.15) is 5.75 Å². The van der Waals surface area contributed by atoms with Crippen molar-refractivity contribution < 1.29 is 9.53 Å². The number of nitrogens with zero attached hydrogens (tertiary/aromatic N) is 4. The lowest BCUT2D eigenvalue weighted by Crippen LogP contribution is -2.30. The van der Waals surface area contributed by atoms with Gasteiger partial charge in [-0.3, -0.25) is 14.7 Å². The summed E-state index contributed by atoms with van der Waals surface area (Å²) < 4.78 is 7.56. The Labute approximate surface area is 186 Å². The van der Waals surface area contributed by atoms with Crippen LogP contribution in [0.1, 0.15) is 23.0 Å². The second-order valence-corrected chi connectivity index (χ2v) is 8.70. The van der Waals surface area contributed by atoms with Gasteiger partial charge >= 0.3 is 0 Å². The highest BCUT2D eigenvalue weighted by molar-refractivity contribution is 7.22. The molecule has 154 valence electrons. The monoisotopic (exact) mass is 446 g/mol. The molecule has 5 rings (SSSR count). The van der Waals surface area contributed by atoms with Gasteiger partial charge in [-0.1, -0.05) is 17.4 Å². The van der Waals surface area contributed by atoms with Crippen molar-refractivity contribution in [2.24, 2.45) is 0 Å². The van der Waals surface area contributed by atoms with Crippen LogP contribution in [0.15, 0.2) is 66.3 Å².